The van der Waals surface area contributed by atoms with Gasteiger partial charge < -0.3 is 0 Å². The first-order valence-electron chi connectivity index (χ1n) is 16.5. The van der Waals surface area contributed by atoms with Crippen molar-refractivity contribution in [2.24, 2.45) is 0 Å². The van der Waals surface area contributed by atoms with E-state index >= 15 is 0 Å². The van der Waals surface area contributed by atoms with E-state index < -0.39 is 15.6 Å². The van der Waals surface area contributed by atoms with E-state index in [1.54, 1.807) is 21.7 Å². The summed E-state index contributed by atoms with van der Waals surface area (Å²) in [5, 5.41) is 0. The molecule has 0 heterocycles. The summed E-state index contributed by atoms with van der Waals surface area (Å²) in [4.78, 5) is 0. The number of hydrogen-bond acceptors (Lipinski definition) is 2. The Morgan fingerprint density at radius 2 is 0.571 bits per heavy atom. The Hall–Kier alpha value is 1.50. The first-order valence-corrected chi connectivity index (χ1v) is 29.5. The Bertz CT molecular complexity index is 352. The standard InChI is InChI=1S/2C8H18S.2C8H17.Sn/c2*1-2-3-4-5-6-7-8-9;2*1-3-5-7-8-6-4-2;/h2*9H,2-8H2,1H3;2*1,3-8H2,2H3;/q;;;;+2/p-2. The van der Waals surface area contributed by atoms with Crippen LogP contribution in [-0.4, -0.2) is 27.1 Å². The molecule has 0 nitrogen and oxygen atoms in total. The maximum atomic E-state index is 2.61. The van der Waals surface area contributed by atoms with Crippen molar-refractivity contribution in [2.75, 3.05) is 11.5 Å². The second-order valence-corrected chi connectivity index (χ2v) is 37.8. The van der Waals surface area contributed by atoms with Crippen LogP contribution in [-0.2, 0) is 0 Å². The maximum absolute atomic E-state index is 2.61. The van der Waals surface area contributed by atoms with Gasteiger partial charge in [-0.15, -0.1) is 0 Å². The van der Waals surface area contributed by atoms with Gasteiger partial charge in [-0.1, -0.05) is 0 Å². The average Bonchev–Trinajstić information content (AvgIpc) is 2.87. The molecule has 0 spiro atoms. The summed E-state index contributed by atoms with van der Waals surface area (Å²) in [6, 6.07) is 0. The molecule has 0 rings (SSSR count). The van der Waals surface area contributed by atoms with E-state index in [-0.39, 0.29) is 0 Å². The van der Waals surface area contributed by atoms with Gasteiger partial charge in [0, 0.05) is 0 Å². The van der Waals surface area contributed by atoms with Gasteiger partial charge in [-0.2, -0.15) is 0 Å². The molecule has 0 atom stereocenters. The third-order valence-electron chi connectivity index (χ3n) is 7.55. The summed E-state index contributed by atoms with van der Waals surface area (Å²) >= 11 is -2.15. The fraction of sp³-hybridized carbons (Fsp3) is 1.00. The van der Waals surface area contributed by atoms with Gasteiger partial charge in [-0.25, -0.2) is 0 Å². The predicted molar refractivity (Wildman–Crippen MR) is 174 cm³/mol. The molecule has 0 saturated heterocycles. The van der Waals surface area contributed by atoms with E-state index in [1.807, 2.05) is 0 Å². The minimum absolute atomic E-state index is 1.37. The van der Waals surface area contributed by atoms with E-state index in [4.69, 9.17) is 0 Å². The Balaban J connectivity index is 4.75. The molecular weight excluding hydrogens is 567 g/mol. The van der Waals surface area contributed by atoms with Gasteiger partial charge in [0.1, 0.15) is 0 Å². The number of hydrogen-bond donors (Lipinski definition) is 0. The van der Waals surface area contributed by atoms with Crippen LogP contribution in [0.5, 0.6) is 0 Å². The predicted octanol–water partition coefficient (Wildman–Crippen LogP) is 13.3. The van der Waals surface area contributed by atoms with Crippen LogP contribution < -0.4 is 0 Å². The Morgan fingerprint density at radius 1 is 0.314 bits per heavy atom. The van der Waals surface area contributed by atoms with Crippen LogP contribution in [0.2, 0.25) is 8.87 Å². The summed E-state index contributed by atoms with van der Waals surface area (Å²) in [5.41, 5.74) is 0. The summed E-state index contributed by atoms with van der Waals surface area (Å²) < 4.78 is 3.35. The topological polar surface area (TPSA) is 0 Å². The van der Waals surface area contributed by atoms with Gasteiger partial charge in [0.15, 0.2) is 0 Å². The molecule has 35 heavy (non-hydrogen) atoms. The summed E-state index contributed by atoms with van der Waals surface area (Å²) in [6.45, 7) is 9.37. The molecule has 0 aromatic rings. The Kier molecular flexibility index (Phi) is 31.3. The fourth-order valence-corrected chi connectivity index (χ4v) is 35.8. The third kappa shape index (κ3) is 25.5. The molecule has 212 valence electrons. The van der Waals surface area contributed by atoms with Gasteiger partial charge in [0.05, 0.1) is 0 Å². The van der Waals surface area contributed by atoms with Crippen LogP contribution in [0.1, 0.15) is 182 Å². The zero-order valence-corrected chi connectivity index (χ0v) is 29.6. The monoisotopic (exact) mass is 636 g/mol. The molecule has 0 amide bonds. The van der Waals surface area contributed by atoms with Crippen molar-refractivity contribution in [1.29, 1.82) is 0 Å². The van der Waals surface area contributed by atoms with Gasteiger partial charge in [0.25, 0.3) is 0 Å². The Morgan fingerprint density at radius 3 is 0.886 bits per heavy atom. The molecule has 0 fully saturated rings. The van der Waals surface area contributed by atoms with Crippen molar-refractivity contribution < 1.29 is 0 Å². The first-order chi connectivity index (χ1) is 17.2. The van der Waals surface area contributed by atoms with Crippen LogP contribution in [0.15, 0.2) is 0 Å². The van der Waals surface area contributed by atoms with Crippen molar-refractivity contribution in [3.8, 4) is 0 Å². The van der Waals surface area contributed by atoms with Crippen LogP contribution in [0.4, 0.5) is 0 Å². The molecule has 0 N–H and O–H groups in total. The molecule has 0 radical (unpaired) electrons. The summed E-state index contributed by atoms with van der Waals surface area (Å²) in [6.07, 6.45) is 35.3. The quantitative estimate of drug-likeness (QED) is 0.0569. The van der Waals surface area contributed by atoms with Crippen LogP contribution in [0, 0.1) is 0 Å². The molecule has 0 bridgehead atoms. The molecule has 0 aliphatic carbocycles. The van der Waals surface area contributed by atoms with Gasteiger partial charge in [-0.3, -0.25) is 0 Å². The summed E-state index contributed by atoms with van der Waals surface area (Å²) in [7, 11) is 5.23. The summed E-state index contributed by atoms with van der Waals surface area (Å²) in [5.74, 6) is 2.99. The van der Waals surface area contributed by atoms with Crippen LogP contribution in [0.3, 0.4) is 0 Å². The van der Waals surface area contributed by atoms with Gasteiger partial charge in [-0.05, 0) is 0 Å². The van der Waals surface area contributed by atoms with Gasteiger partial charge in [0.2, 0.25) is 0 Å². The van der Waals surface area contributed by atoms with Crippen molar-refractivity contribution >= 4 is 33.5 Å². The zero-order valence-electron chi connectivity index (χ0n) is 25.1. The third-order valence-corrected chi connectivity index (χ3v) is 38.7. The molecule has 0 saturated carbocycles. The van der Waals surface area contributed by atoms with Crippen LogP contribution >= 0.6 is 17.9 Å². The molecule has 0 aliphatic rings. The molecule has 0 aliphatic heterocycles. The number of unbranched alkanes of at least 4 members (excludes halogenated alkanes) is 20. The fourth-order valence-electron chi connectivity index (χ4n) is 5.09. The Labute approximate surface area is 234 Å². The van der Waals surface area contributed by atoms with Crippen molar-refractivity contribution in [1.82, 2.24) is 0 Å². The zero-order chi connectivity index (χ0) is 25.7. The van der Waals surface area contributed by atoms with Gasteiger partial charge >= 0.3 is 236 Å². The second kappa shape index (κ2) is 30.0. The minimum atomic E-state index is -2.15. The molecule has 0 aromatic carbocycles. The first kappa shape index (κ1) is 36.5. The SMILES string of the molecule is CCCCCCCC[S][Sn]([CH2]CCCCCCC)([CH2]CCCCCCC)[S]CCCCCCCC. The molecule has 0 unspecified atom stereocenters. The van der Waals surface area contributed by atoms with E-state index in [1.165, 1.54) is 153 Å². The van der Waals surface area contributed by atoms with E-state index in [0.717, 1.165) is 0 Å². The normalized spacial score (nSPS) is 12.0. The number of rotatable bonds is 30. The van der Waals surface area contributed by atoms with Crippen molar-refractivity contribution in [2.45, 2.75) is 191 Å². The van der Waals surface area contributed by atoms with E-state index in [2.05, 4.69) is 45.6 Å². The molecule has 0 aromatic heterocycles. The second-order valence-electron chi connectivity index (χ2n) is 11.2. The van der Waals surface area contributed by atoms with E-state index in [9.17, 15) is 0 Å². The van der Waals surface area contributed by atoms with E-state index in [0.29, 0.717) is 0 Å². The van der Waals surface area contributed by atoms with Crippen molar-refractivity contribution in [3.63, 3.8) is 0 Å². The molecule has 3 heteroatoms. The van der Waals surface area contributed by atoms with Crippen molar-refractivity contribution in [3.05, 3.63) is 0 Å². The molecular formula is C32H68S2Sn. The van der Waals surface area contributed by atoms with Crippen LogP contribution in [0.25, 0.3) is 0 Å². The average molecular weight is 636 g/mol.